The lowest BCUT2D eigenvalue weighted by Crippen LogP contribution is -2.09. The number of aromatic hydroxyl groups is 1. The van der Waals surface area contributed by atoms with Gasteiger partial charge in [0.1, 0.15) is 11.5 Å². The zero-order valence-electron chi connectivity index (χ0n) is 13.1. The minimum atomic E-state index is -0.170. The van der Waals surface area contributed by atoms with Crippen LogP contribution in [0.4, 0.5) is 0 Å². The first-order valence-corrected chi connectivity index (χ1v) is 7.98. The van der Waals surface area contributed by atoms with Crippen molar-refractivity contribution in [2.24, 2.45) is 0 Å². The molecule has 4 heteroatoms. The number of hydrogen-bond donors (Lipinski definition) is 2. The van der Waals surface area contributed by atoms with E-state index < -0.39 is 0 Å². The fourth-order valence-electron chi connectivity index (χ4n) is 3.46. The molecular weight excluding hydrogens is 314 g/mol. The maximum absolute atomic E-state index is 12.9. The summed E-state index contributed by atoms with van der Waals surface area (Å²) in [7, 11) is 0. The van der Waals surface area contributed by atoms with E-state index in [1.165, 1.54) is 6.07 Å². The highest BCUT2D eigenvalue weighted by atomic mass is 16.5. The van der Waals surface area contributed by atoms with Crippen molar-refractivity contribution in [2.75, 3.05) is 0 Å². The number of phenols is 1. The normalized spacial score (nSPS) is 12.2. The van der Waals surface area contributed by atoms with Crippen LogP contribution in [0.3, 0.4) is 0 Å². The lowest BCUT2D eigenvalue weighted by molar-refractivity contribution is 0.103. The highest BCUT2D eigenvalue weighted by Crippen LogP contribution is 2.46. The maximum Gasteiger partial charge on any atom is 0.198 e. The molecule has 0 aliphatic heterocycles. The maximum atomic E-state index is 12.9. The van der Waals surface area contributed by atoms with Gasteiger partial charge in [-0.3, -0.25) is 4.79 Å². The van der Waals surface area contributed by atoms with Gasteiger partial charge in [0.15, 0.2) is 11.5 Å². The Kier molecular flexibility index (Phi) is 2.76. The van der Waals surface area contributed by atoms with Gasteiger partial charge < -0.3 is 14.8 Å². The van der Waals surface area contributed by atoms with Gasteiger partial charge in [0.05, 0.1) is 11.1 Å². The molecule has 0 unspecified atom stereocenters. The topological polar surface area (TPSA) is 62.3 Å². The number of aromatic nitrogens is 1. The number of carbonyl (C=O) groups excluding carboxylic acids is 1. The number of para-hydroxylation sites is 1. The van der Waals surface area contributed by atoms with Gasteiger partial charge in [-0.2, -0.15) is 0 Å². The molecule has 4 aromatic rings. The molecule has 2 N–H and O–H groups in total. The van der Waals surface area contributed by atoms with E-state index in [0.29, 0.717) is 33.5 Å². The molecule has 0 atom stereocenters. The SMILES string of the molecule is O=C1c2ccccc2-c2c[nH]c3c(Oc4ccccc4)cc(O)c1c23. The Morgan fingerprint density at radius 3 is 2.40 bits per heavy atom. The predicted octanol–water partition coefficient (Wildman–Crippen LogP) is 4.88. The quantitative estimate of drug-likeness (QED) is 0.486. The molecule has 25 heavy (non-hydrogen) atoms. The predicted molar refractivity (Wildman–Crippen MR) is 95.3 cm³/mol. The molecule has 120 valence electrons. The van der Waals surface area contributed by atoms with Crippen LogP contribution in [0.5, 0.6) is 17.2 Å². The zero-order valence-corrected chi connectivity index (χ0v) is 13.1. The van der Waals surface area contributed by atoms with Crippen LogP contribution in [0.25, 0.3) is 22.0 Å². The van der Waals surface area contributed by atoms with Crippen LogP contribution in [0, 0.1) is 0 Å². The largest absolute Gasteiger partial charge is 0.507 e. The second kappa shape index (κ2) is 4.98. The summed E-state index contributed by atoms with van der Waals surface area (Å²) >= 11 is 0. The van der Waals surface area contributed by atoms with Gasteiger partial charge >= 0.3 is 0 Å². The third-order valence-electron chi connectivity index (χ3n) is 4.56. The number of phenolic OH excluding ortho intramolecular Hbond substituents is 1. The van der Waals surface area contributed by atoms with E-state index in [4.69, 9.17) is 4.74 Å². The van der Waals surface area contributed by atoms with Crippen LogP contribution in [0.1, 0.15) is 15.9 Å². The Morgan fingerprint density at radius 2 is 1.60 bits per heavy atom. The third-order valence-corrected chi connectivity index (χ3v) is 4.56. The van der Waals surface area contributed by atoms with Crippen LogP contribution in [0.2, 0.25) is 0 Å². The molecule has 1 aliphatic carbocycles. The smallest absolute Gasteiger partial charge is 0.198 e. The van der Waals surface area contributed by atoms with E-state index in [0.717, 1.165) is 11.1 Å². The molecule has 0 saturated heterocycles. The first kappa shape index (κ1) is 13.9. The van der Waals surface area contributed by atoms with Crippen molar-refractivity contribution in [3.63, 3.8) is 0 Å². The Morgan fingerprint density at radius 1 is 0.880 bits per heavy atom. The van der Waals surface area contributed by atoms with Gasteiger partial charge in [-0.1, -0.05) is 42.5 Å². The number of hydrogen-bond acceptors (Lipinski definition) is 3. The minimum absolute atomic E-state index is 0.0706. The number of aromatic amines is 1. The summed E-state index contributed by atoms with van der Waals surface area (Å²) < 4.78 is 5.93. The molecule has 1 aromatic heterocycles. The van der Waals surface area contributed by atoms with Gasteiger partial charge in [-0.15, -0.1) is 0 Å². The van der Waals surface area contributed by atoms with Crippen molar-refractivity contribution >= 4 is 16.7 Å². The lowest BCUT2D eigenvalue weighted by Gasteiger charge is -2.18. The van der Waals surface area contributed by atoms with Crippen molar-refractivity contribution in [1.82, 2.24) is 4.98 Å². The summed E-state index contributed by atoms with van der Waals surface area (Å²) in [5.41, 5.74) is 3.39. The first-order chi connectivity index (χ1) is 12.2. The van der Waals surface area contributed by atoms with Crippen molar-refractivity contribution in [1.29, 1.82) is 0 Å². The van der Waals surface area contributed by atoms with Crippen LogP contribution in [-0.4, -0.2) is 15.9 Å². The number of H-pyrrole nitrogens is 1. The second-order valence-electron chi connectivity index (χ2n) is 6.01. The number of benzene rings is 3. The number of fused-ring (bicyclic) bond motifs is 2. The number of ether oxygens (including phenoxy) is 1. The molecule has 0 spiro atoms. The van der Waals surface area contributed by atoms with E-state index in [2.05, 4.69) is 4.98 Å². The monoisotopic (exact) mass is 327 g/mol. The summed E-state index contributed by atoms with van der Waals surface area (Å²) in [6.07, 6.45) is 1.86. The van der Waals surface area contributed by atoms with Crippen LogP contribution < -0.4 is 4.74 Å². The summed E-state index contributed by atoms with van der Waals surface area (Å²) in [5, 5.41) is 11.2. The Balaban J connectivity index is 1.79. The number of ketones is 1. The average molecular weight is 327 g/mol. The standard InChI is InChI=1S/C21H13NO3/c23-16-10-17(25-12-6-2-1-3-7-12)20-18-15(11-22-20)13-8-4-5-9-14(13)21(24)19(16)18/h1-11,22-23H. The molecule has 5 rings (SSSR count). The van der Waals surface area contributed by atoms with Crippen molar-refractivity contribution < 1.29 is 14.6 Å². The van der Waals surface area contributed by atoms with Gasteiger partial charge in [0, 0.05) is 28.8 Å². The molecule has 1 heterocycles. The fourth-order valence-corrected chi connectivity index (χ4v) is 3.46. The minimum Gasteiger partial charge on any atom is -0.507 e. The highest BCUT2D eigenvalue weighted by Gasteiger charge is 2.30. The van der Waals surface area contributed by atoms with Crippen molar-refractivity contribution in [2.45, 2.75) is 0 Å². The van der Waals surface area contributed by atoms with Gasteiger partial charge in [0.25, 0.3) is 0 Å². The Bertz CT molecular complexity index is 1140. The van der Waals surface area contributed by atoms with Crippen LogP contribution in [0.15, 0.2) is 66.9 Å². The Labute approximate surface area is 143 Å². The van der Waals surface area contributed by atoms with E-state index in [1.54, 1.807) is 6.07 Å². The average Bonchev–Trinajstić information content (AvgIpc) is 3.07. The molecular formula is C21H13NO3. The third kappa shape index (κ3) is 1.91. The number of rotatable bonds is 2. The van der Waals surface area contributed by atoms with Crippen molar-refractivity contribution in [3.05, 3.63) is 78.0 Å². The molecule has 0 fully saturated rings. The Hall–Kier alpha value is -3.53. The van der Waals surface area contributed by atoms with Crippen molar-refractivity contribution in [3.8, 4) is 28.4 Å². The second-order valence-corrected chi connectivity index (χ2v) is 6.01. The fraction of sp³-hybridized carbons (Fsp3) is 0. The van der Waals surface area contributed by atoms with E-state index in [-0.39, 0.29) is 11.5 Å². The van der Waals surface area contributed by atoms with Crippen LogP contribution in [-0.2, 0) is 0 Å². The van der Waals surface area contributed by atoms with Crippen LogP contribution >= 0.6 is 0 Å². The lowest BCUT2D eigenvalue weighted by atomic mass is 9.85. The molecule has 1 aliphatic rings. The molecule has 0 bridgehead atoms. The number of carbonyl (C=O) groups is 1. The molecule has 0 radical (unpaired) electrons. The summed E-state index contributed by atoms with van der Waals surface area (Å²) in [6.45, 7) is 0. The van der Waals surface area contributed by atoms with Gasteiger partial charge in [-0.25, -0.2) is 0 Å². The molecule has 4 nitrogen and oxygen atoms in total. The van der Waals surface area contributed by atoms with Gasteiger partial charge in [-0.05, 0) is 17.7 Å². The van der Waals surface area contributed by atoms with Gasteiger partial charge in [0.2, 0.25) is 0 Å². The summed E-state index contributed by atoms with van der Waals surface area (Å²) in [6, 6.07) is 18.3. The molecule has 3 aromatic carbocycles. The molecule has 0 amide bonds. The summed E-state index contributed by atoms with van der Waals surface area (Å²) in [4.78, 5) is 16.1. The van der Waals surface area contributed by atoms with E-state index >= 15 is 0 Å². The van der Waals surface area contributed by atoms with E-state index in [1.807, 2.05) is 54.7 Å². The summed E-state index contributed by atoms with van der Waals surface area (Å²) in [5.74, 6) is 0.909. The zero-order chi connectivity index (χ0) is 17.0. The first-order valence-electron chi connectivity index (χ1n) is 7.98. The number of nitrogens with one attached hydrogen (secondary N) is 1. The highest BCUT2D eigenvalue weighted by molar-refractivity contribution is 6.27. The van der Waals surface area contributed by atoms with E-state index in [9.17, 15) is 9.90 Å². The molecule has 0 saturated carbocycles.